The van der Waals surface area contributed by atoms with Gasteiger partial charge in [0, 0.05) is 0 Å². The molecule has 0 aromatic heterocycles. The molecular weight excluding hydrogens is 262 g/mol. The summed E-state index contributed by atoms with van der Waals surface area (Å²) >= 11 is 0. The molecule has 0 amide bonds. The molecule has 5 heavy (non-hydrogen) atoms. The van der Waals surface area contributed by atoms with Crippen LogP contribution in [0.15, 0.2) is 0 Å². The third-order valence-electron chi connectivity index (χ3n) is 0. The Hall–Kier alpha value is 0.382. The van der Waals surface area contributed by atoms with Gasteiger partial charge in [0.1, 0.15) is 0 Å². The van der Waals surface area contributed by atoms with Gasteiger partial charge in [-0.2, -0.15) is 0 Å². The summed E-state index contributed by atoms with van der Waals surface area (Å²) in [5, 5.41) is 0. The Balaban J connectivity index is 0. The van der Waals surface area contributed by atoms with E-state index in [1.165, 1.54) is 0 Å². The number of halogens is 4. The summed E-state index contributed by atoms with van der Waals surface area (Å²) in [7, 11) is 0. The molecule has 0 N–H and O–H groups in total. The SMILES string of the molecule is [F-].[F-].[F-].[F-].[Re+4]. The summed E-state index contributed by atoms with van der Waals surface area (Å²) < 4.78 is 0. The van der Waals surface area contributed by atoms with Crippen LogP contribution in [0.1, 0.15) is 0 Å². The molecular formula is F4Re. The first-order valence-corrected chi connectivity index (χ1v) is 0. The second kappa shape index (κ2) is 343. The van der Waals surface area contributed by atoms with Gasteiger partial charge in [0.05, 0.1) is 0 Å². The smallest absolute Gasteiger partial charge is 1.00 e. The van der Waals surface area contributed by atoms with E-state index in [1.54, 1.807) is 0 Å². The van der Waals surface area contributed by atoms with Crippen LogP contribution < -0.4 is 18.8 Å². The van der Waals surface area contributed by atoms with Crippen LogP contribution in [0, 0.1) is 0 Å². The molecule has 0 aliphatic carbocycles. The van der Waals surface area contributed by atoms with E-state index in [0.29, 0.717) is 0 Å². The summed E-state index contributed by atoms with van der Waals surface area (Å²) in [6.45, 7) is 0. The van der Waals surface area contributed by atoms with E-state index >= 15 is 0 Å². The molecule has 35 valence electrons. The first kappa shape index (κ1) is 707. The Morgan fingerprint density at radius 3 is 0.400 bits per heavy atom. The zero-order chi connectivity index (χ0) is 0. The predicted molar refractivity (Wildman–Crippen MR) is 0 cm³/mol. The average molecular weight is 262 g/mol. The van der Waals surface area contributed by atoms with Gasteiger partial charge in [-0.3, -0.25) is 0 Å². The molecule has 0 saturated carbocycles. The molecule has 0 fully saturated rings. The summed E-state index contributed by atoms with van der Waals surface area (Å²) in [6.07, 6.45) is 0. The van der Waals surface area contributed by atoms with Gasteiger partial charge in [0.2, 0.25) is 0 Å². The van der Waals surface area contributed by atoms with Gasteiger partial charge in [-0.1, -0.05) is 0 Å². The van der Waals surface area contributed by atoms with Crippen molar-refractivity contribution in [1.29, 1.82) is 0 Å². The molecule has 0 heterocycles. The van der Waals surface area contributed by atoms with Gasteiger partial charge in [-0.05, 0) is 0 Å². The number of hydrogen-bond acceptors (Lipinski definition) is 0. The molecule has 5 heteroatoms. The van der Waals surface area contributed by atoms with E-state index in [2.05, 4.69) is 0 Å². The molecule has 0 spiro atoms. The molecule has 0 atom stereocenters. The minimum Gasteiger partial charge on any atom is -1.00 e. The van der Waals surface area contributed by atoms with Crippen LogP contribution >= 0.6 is 0 Å². The maximum Gasteiger partial charge on any atom is 4.00 e. The van der Waals surface area contributed by atoms with Crippen molar-refractivity contribution >= 4 is 0 Å². The first-order valence-electron chi connectivity index (χ1n) is 0. The number of hydrogen-bond donors (Lipinski definition) is 0. The van der Waals surface area contributed by atoms with Crippen molar-refractivity contribution in [2.45, 2.75) is 0 Å². The minimum atomic E-state index is 0. The zero-order valence-electron chi connectivity index (χ0n) is 1.89. The first-order chi connectivity index (χ1) is 0. The number of rotatable bonds is 0. The van der Waals surface area contributed by atoms with Crippen molar-refractivity contribution in [3.8, 4) is 0 Å². The zero-order valence-corrected chi connectivity index (χ0v) is 4.61. The van der Waals surface area contributed by atoms with Crippen molar-refractivity contribution in [1.82, 2.24) is 0 Å². The molecule has 0 bridgehead atoms. The van der Waals surface area contributed by atoms with Crippen LogP contribution in [0.25, 0.3) is 0 Å². The fourth-order valence-corrected chi connectivity index (χ4v) is 0. The van der Waals surface area contributed by atoms with E-state index in [0.717, 1.165) is 0 Å². The van der Waals surface area contributed by atoms with Crippen molar-refractivity contribution in [2.75, 3.05) is 0 Å². The summed E-state index contributed by atoms with van der Waals surface area (Å²) in [6, 6.07) is 0. The summed E-state index contributed by atoms with van der Waals surface area (Å²) in [4.78, 5) is 0. The van der Waals surface area contributed by atoms with Gasteiger partial charge < -0.3 is 18.8 Å². The largest absolute Gasteiger partial charge is 4.00 e. The molecule has 0 unspecified atom stereocenters. The minimum absolute atomic E-state index is 0. The Morgan fingerprint density at radius 1 is 0.400 bits per heavy atom. The fourth-order valence-electron chi connectivity index (χ4n) is 0. The fraction of sp³-hybridized carbons (Fsp3) is 0. The van der Waals surface area contributed by atoms with E-state index in [-0.39, 0.29) is 39.2 Å². The maximum atomic E-state index is 0. The van der Waals surface area contributed by atoms with Crippen LogP contribution in [0.2, 0.25) is 0 Å². The Labute approximate surface area is 40.1 Å². The Bertz CT molecular complexity index is 3.61. The topological polar surface area (TPSA) is 0 Å². The van der Waals surface area contributed by atoms with Crippen molar-refractivity contribution in [2.24, 2.45) is 0 Å². The van der Waals surface area contributed by atoms with Crippen LogP contribution in [0.5, 0.6) is 0 Å². The second-order valence-electron chi connectivity index (χ2n) is 0. The monoisotopic (exact) mass is 263 g/mol. The molecule has 0 aliphatic heterocycles. The van der Waals surface area contributed by atoms with E-state index < -0.39 is 0 Å². The van der Waals surface area contributed by atoms with Crippen LogP contribution in [-0.4, -0.2) is 0 Å². The molecule has 0 aliphatic rings. The average Bonchev–Trinajstić information content (AvgIpc) is 0. The van der Waals surface area contributed by atoms with Crippen LogP contribution in [0.4, 0.5) is 0 Å². The Morgan fingerprint density at radius 2 is 0.400 bits per heavy atom. The van der Waals surface area contributed by atoms with Crippen molar-refractivity contribution in [3.05, 3.63) is 0 Å². The normalized spacial score (nSPS) is 0. The molecule has 1 radical (unpaired) electrons. The summed E-state index contributed by atoms with van der Waals surface area (Å²) in [5.41, 5.74) is 0. The molecule has 0 aromatic rings. The van der Waals surface area contributed by atoms with E-state index in [4.69, 9.17) is 0 Å². The maximum absolute atomic E-state index is 0. The van der Waals surface area contributed by atoms with Crippen molar-refractivity contribution in [3.63, 3.8) is 0 Å². The third-order valence-corrected chi connectivity index (χ3v) is 0. The molecule has 0 saturated heterocycles. The van der Waals surface area contributed by atoms with E-state index in [9.17, 15) is 0 Å². The summed E-state index contributed by atoms with van der Waals surface area (Å²) in [5.74, 6) is 0. The van der Waals surface area contributed by atoms with Crippen LogP contribution in [0.3, 0.4) is 0 Å². The quantitative estimate of drug-likeness (QED) is 0.380. The van der Waals surface area contributed by atoms with Gasteiger partial charge in [-0.15, -0.1) is 0 Å². The Kier molecular flexibility index (Phi) is 48500. The third kappa shape index (κ3) is 170. The predicted octanol–water partition coefficient (Wildman–Crippen LogP) is -12.0. The second-order valence-corrected chi connectivity index (χ2v) is 0. The van der Waals surface area contributed by atoms with Gasteiger partial charge in [-0.25, -0.2) is 0 Å². The van der Waals surface area contributed by atoms with Gasteiger partial charge in [0.25, 0.3) is 0 Å². The van der Waals surface area contributed by atoms with Gasteiger partial charge >= 0.3 is 20.4 Å². The van der Waals surface area contributed by atoms with Crippen molar-refractivity contribution < 1.29 is 39.2 Å². The standard InChI is InChI=1S/4FH.Re/h4*1H;/q;;;;+4/p-4. The molecule has 0 nitrogen and oxygen atoms in total. The molecule has 0 aromatic carbocycles. The van der Waals surface area contributed by atoms with E-state index in [1.807, 2.05) is 0 Å². The van der Waals surface area contributed by atoms with Gasteiger partial charge in [0.15, 0.2) is 0 Å². The van der Waals surface area contributed by atoms with Crippen LogP contribution in [-0.2, 0) is 20.4 Å². The molecule has 0 rings (SSSR count).